The minimum atomic E-state index is -0.592. The van der Waals surface area contributed by atoms with Gasteiger partial charge in [-0.3, -0.25) is 4.79 Å². The summed E-state index contributed by atoms with van der Waals surface area (Å²) in [6, 6.07) is 20.3. The van der Waals surface area contributed by atoms with Crippen LogP contribution in [-0.2, 0) is 4.74 Å². The fourth-order valence-electron chi connectivity index (χ4n) is 2.92. The van der Waals surface area contributed by atoms with Crippen LogP contribution in [0.3, 0.4) is 0 Å². The molecule has 0 aliphatic rings. The lowest BCUT2D eigenvalue weighted by Gasteiger charge is -2.13. The fourth-order valence-corrected chi connectivity index (χ4v) is 3.75. The molecule has 0 fully saturated rings. The number of carbonyl (C=O) groups excluding carboxylic acids is 2. The number of carbonyl (C=O) groups is 2. The third-order valence-electron chi connectivity index (χ3n) is 4.40. The Kier molecular flexibility index (Phi) is 7.46. The molecule has 0 heterocycles. The molecular weight excluding hydrogens is 495 g/mol. The van der Waals surface area contributed by atoms with Gasteiger partial charge in [-0.25, -0.2) is 4.79 Å². The van der Waals surface area contributed by atoms with Gasteiger partial charge in [-0.1, -0.05) is 54.6 Å². The standard InChI is InChI=1S/C24H21IO5/c1-3-29-22-14-19(13-20(25)23(22)28-2)24(27)30-15-21(26)18-11-9-17(10-12-18)16-7-5-4-6-8-16/h4-14H,3,15H2,1-2H3. The van der Waals surface area contributed by atoms with Crippen molar-refractivity contribution < 1.29 is 23.8 Å². The summed E-state index contributed by atoms with van der Waals surface area (Å²) in [4.78, 5) is 24.9. The summed E-state index contributed by atoms with van der Waals surface area (Å²) in [6.45, 7) is 1.94. The van der Waals surface area contributed by atoms with Crippen LogP contribution in [0.1, 0.15) is 27.6 Å². The third kappa shape index (κ3) is 5.18. The molecule has 0 saturated carbocycles. The summed E-state index contributed by atoms with van der Waals surface area (Å²) in [5.74, 6) is 0.159. The molecule has 0 saturated heterocycles. The Labute approximate surface area is 189 Å². The molecule has 0 aliphatic heterocycles. The lowest BCUT2D eigenvalue weighted by molar-refractivity contribution is 0.0474. The van der Waals surface area contributed by atoms with Gasteiger partial charge >= 0.3 is 5.97 Å². The van der Waals surface area contributed by atoms with Crippen molar-refractivity contribution >= 4 is 34.3 Å². The Bertz CT molecular complexity index is 1030. The molecule has 0 aromatic heterocycles. The molecule has 0 bridgehead atoms. The predicted molar refractivity (Wildman–Crippen MR) is 123 cm³/mol. The van der Waals surface area contributed by atoms with Crippen molar-refractivity contribution in [1.29, 1.82) is 0 Å². The first kappa shape index (κ1) is 21.8. The molecule has 0 atom stereocenters. The number of ketones is 1. The van der Waals surface area contributed by atoms with E-state index >= 15 is 0 Å². The molecular formula is C24H21IO5. The summed E-state index contributed by atoms with van der Waals surface area (Å²) in [5, 5.41) is 0. The zero-order valence-electron chi connectivity index (χ0n) is 16.7. The molecule has 3 aromatic carbocycles. The number of rotatable bonds is 8. The van der Waals surface area contributed by atoms with Crippen molar-refractivity contribution in [2.75, 3.05) is 20.3 Å². The largest absolute Gasteiger partial charge is 0.492 e. The van der Waals surface area contributed by atoms with E-state index in [4.69, 9.17) is 14.2 Å². The van der Waals surface area contributed by atoms with E-state index in [0.717, 1.165) is 14.7 Å². The summed E-state index contributed by atoms with van der Waals surface area (Å²) >= 11 is 2.06. The van der Waals surface area contributed by atoms with Gasteiger partial charge in [0.25, 0.3) is 0 Å². The van der Waals surface area contributed by atoms with Gasteiger partial charge in [0, 0.05) is 5.56 Å². The van der Waals surface area contributed by atoms with Crippen molar-refractivity contribution in [3.8, 4) is 22.6 Å². The molecule has 0 unspecified atom stereocenters. The molecule has 3 rings (SSSR count). The lowest BCUT2D eigenvalue weighted by atomic mass is 10.0. The van der Waals surface area contributed by atoms with Gasteiger partial charge in [0.15, 0.2) is 23.9 Å². The minimum Gasteiger partial charge on any atom is -0.492 e. The average Bonchev–Trinajstić information content (AvgIpc) is 2.78. The first-order chi connectivity index (χ1) is 14.5. The van der Waals surface area contributed by atoms with Crippen LogP contribution in [0.2, 0.25) is 0 Å². The quantitative estimate of drug-likeness (QED) is 0.228. The van der Waals surface area contributed by atoms with Crippen molar-refractivity contribution in [2.24, 2.45) is 0 Å². The van der Waals surface area contributed by atoms with E-state index in [1.807, 2.05) is 49.4 Å². The second kappa shape index (κ2) is 10.2. The Morgan fingerprint density at radius 1 is 0.900 bits per heavy atom. The molecule has 3 aromatic rings. The van der Waals surface area contributed by atoms with E-state index in [0.29, 0.717) is 29.2 Å². The summed E-state index contributed by atoms with van der Waals surface area (Å²) in [5.41, 5.74) is 2.88. The monoisotopic (exact) mass is 516 g/mol. The maximum Gasteiger partial charge on any atom is 0.338 e. The van der Waals surface area contributed by atoms with Crippen molar-refractivity contribution in [2.45, 2.75) is 6.92 Å². The molecule has 0 spiro atoms. The maximum atomic E-state index is 12.5. The topological polar surface area (TPSA) is 61.8 Å². The Morgan fingerprint density at radius 2 is 1.57 bits per heavy atom. The Morgan fingerprint density at radius 3 is 2.20 bits per heavy atom. The summed E-state index contributed by atoms with van der Waals surface area (Å²) in [7, 11) is 1.54. The molecule has 0 aliphatic carbocycles. The van der Waals surface area contributed by atoms with E-state index in [1.54, 1.807) is 31.4 Å². The number of esters is 1. The van der Waals surface area contributed by atoms with E-state index in [-0.39, 0.29) is 12.4 Å². The highest BCUT2D eigenvalue weighted by atomic mass is 127. The van der Waals surface area contributed by atoms with Crippen LogP contribution in [0.25, 0.3) is 11.1 Å². The summed E-state index contributed by atoms with van der Waals surface area (Å²) in [6.07, 6.45) is 0. The number of Topliss-reactive ketones (excluding diaryl/α,β-unsaturated/α-hetero) is 1. The number of hydrogen-bond donors (Lipinski definition) is 0. The van der Waals surface area contributed by atoms with Gasteiger partial charge in [-0.05, 0) is 52.8 Å². The van der Waals surface area contributed by atoms with E-state index in [9.17, 15) is 9.59 Å². The van der Waals surface area contributed by atoms with Crippen molar-refractivity contribution in [1.82, 2.24) is 0 Å². The Balaban J connectivity index is 1.66. The van der Waals surface area contributed by atoms with E-state index < -0.39 is 5.97 Å². The van der Waals surface area contributed by atoms with Crippen molar-refractivity contribution in [3.05, 3.63) is 81.4 Å². The van der Waals surface area contributed by atoms with E-state index in [1.165, 1.54) is 0 Å². The van der Waals surface area contributed by atoms with Crippen LogP contribution >= 0.6 is 22.6 Å². The average molecular weight is 516 g/mol. The SMILES string of the molecule is CCOc1cc(C(=O)OCC(=O)c2ccc(-c3ccccc3)cc2)cc(I)c1OC. The van der Waals surface area contributed by atoms with Gasteiger partial charge in [-0.2, -0.15) is 0 Å². The minimum absolute atomic E-state index is 0.267. The number of ether oxygens (including phenoxy) is 3. The molecule has 5 nitrogen and oxygen atoms in total. The zero-order valence-corrected chi connectivity index (χ0v) is 18.8. The van der Waals surface area contributed by atoms with Gasteiger partial charge in [-0.15, -0.1) is 0 Å². The van der Waals surface area contributed by atoms with Crippen LogP contribution in [0.5, 0.6) is 11.5 Å². The first-order valence-corrected chi connectivity index (χ1v) is 10.5. The molecule has 6 heteroatoms. The normalized spacial score (nSPS) is 10.4. The highest BCUT2D eigenvalue weighted by molar-refractivity contribution is 14.1. The van der Waals surface area contributed by atoms with Gasteiger partial charge in [0.1, 0.15) is 0 Å². The molecule has 30 heavy (non-hydrogen) atoms. The molecule has 0 N–H and O–H groups in total. The van der Waals surface area contributed by atoms with Crippen LogP contribution in [0.15, 0.2) is 66.7 Å². The van der Waals surface area contributed by atoms with Gasteiger partial charge in [0.05, 0.1) is 22.9 Å². The first-order valence-electron chi connectivity index (χ1n) is 9.39. The van der Waals surface area contributed by atoms with E-state index in [2.05, 4.69) is 22.6 Å². The maximum absolute atomic E-state index is 12.5. The van der Waals surface area contributed by atoms with Crippen LogP contribution in [0, 0.1) is 3.57 Å². The molecule has 154 valence electrons. The number of benzene rings is 3. The second-order valence-electron chi connectivity index (χ2n) is 6.37. The van der Waals surface area contributed by atoms with Crippen molar-refractivity contribution in [3.63, 3.8) is 0 Å². The lowest BCUT2D eigenvalue weighted by Crippen LogP contribution is -2.14. The number of hydrogen-bond acceptors (Lipinski definition) is 5. The molecule has 0 amide bonds. The third-order valence-corrected chi connectivity index (χ3v) is 5.20. The van der Waals surface area contributed by atoms with Gasteiger partial charge < -0.3 is 14.2 Å². The smallest absolute Gasteiger partial charge is 0.338 e. The van der Waals surface area contributed by atoms with Crippen LogP contribution in [0.4, 0.5) is 0 Å². The highest BCUT2D eigenvalue weighted by Gasteiger charge is 2.17. The highest BCUT2D eigenvalue weighted by Crippen LogP contribution is 2.34. The predicted octanol–water partition coefficient (Wildman–Crippen LogP) is 5.41. The number of halogens is 1. The summed E-state index contributed by atoms with van der Waals surface area (Å²) < 4.78 is 16.8. The van der Waals surface area contributed by atoms with Gasteiger partial charge in [0.2, 0.25) is 0 Å². The number of methoxy groups -OCH3 is 1. The van der Waals surface area contributed by atoms with Crippen LogP contribution in [-0.4, -0.2) is 32.1 Å². The Hall–Kier alpha value is -2.87. The van der Waals surface area contributed by atoms with Crippen LogP contribution < -0.4 is 9.47 Å². The zero-order chi connectivity index (χ0) is 21.5. The fraction of sp³-hybridized carbons (Fsp3) is 0.167. The second-order valence-corrected chi connectivity index (χ2v) is 7.53. The molecule has 0 radical (unpaired) electrons.